The first-order valence-corrected chi connectivity index (χ1v) is 7.32. The van der Waals surface area contributed by atoms with Crippen molar-refractivity contribution in [1.29, 1.82) is 0 Å². The molecule has 2 rings (SSSR count). The van der Waals surface area contributed by atoms with Crippen LogP contribution in [0.1, 0.15) is 25.3 Å². The van der Waals surface area contributed by atoms with Crippen LogP contribution in [0.3, 0.4) is 0 Å². The first kappa shape index (κ1) is 15.0. The summed E-state index contributed by atoms with van der Waals surface area (Å²) in [4.78, 5) is 13.5. The van der Waals surface area contributed by atoms with Gasteiger partial charge in [0.2, 0.25) is 5.91 Å². The molecule has 1 unspecified atom stereocenters. The summed E-state index contributed by atoms with van der Waals surface area (Å²) in [5, 5.41) is 0. The number of piperidine rings is 1. The third kappa shape index (κ3) is 4.05. The van der Waals surface area contributed by atoms with E-state index >= 15 is 0 Å². The molecule has 0 radical (unpaired) electrons. The third-order valence-corrected chi connectivity index (χ3v) is 4.19. The van der Waals surface area contributed by atoms with Crippen LogP contribution < -0.4 is 11.5 Å². The molecule has 4 nitrogen and oxygen atoms in total. The lowest BCUT2D eigenvalue weighted by Crippen LogP contribution is -2.57. The highest BCUT2D eigenvalue weighted by Crippen LogP contribution is 2.22. The molecule has 1 aliphatic heterocycles. The summed E-state index contributed by atoms with van der Waals surface area (Å²) >= 11 is 0. The number of primary amides is 1. The van der Waals surface area contributed by atoms with Gasteiger partial charge in [0.05, 0.1) is 0 Å². The number of rotatable bonds is 5. The molecular formula is C16H25N3O. The maximum atomic E-state index is 11.3. The van der Waals surface area contributed by atoms with E-state index in [2.05, 4.69) is 35.2 Å². The minimum atomic E-state index is -0.924. The minimum absolute atomic E-state index is 0.427. The van der Waals surface area contributed by atoms with Crippen molar-refractivity contribution in [1.82, 2.24) is 4.90 Å². The van der Waals surface area contributed by atoms with Crippen LogP contribution in [0.15, 0.2) is 30.3 Å². The molecule has 0 spiro atoms. The minimum Gasteiger partial charge on any atom is -0.368 e. The molecule has 4 heteroatoms. The highest BCUT2D eigenvalue weighted by atomic mass is 16.1. The summed E-state index contributed by atoms with van der Waals surface area (Å²) in [7, 11) is 0. The van der Waals surface area contributed by atoms with Gasteiger partial charge < -0.3 is 16.4 Å². The Balaban J connectivity index is 1.79. The smallest absolute Gasteiger partial charge is 0.238 e. The normalized spacial score (nSPS) is 20.5. The molecule has 1 atom stereocenters. The molecule has 0 bridgehead atoms. The predicted octanol–water partition coefficient (Wildman–Crippen LogP) is 1.14. The van der Waals surface area contributed by atoms with Crippen LogP contribution in [-0.4, -0.2) is 36.0 Å². The van der Waals surface area contributed by atoms with Gasteiger partial charge in [-0.15, -0.1) is 0 Å². The van der Waals surface area contributed by atoms with Crippen LogP contribution in [0.5, 0.6) is 0 Å². The van der Waals surface area contributed by atoms with Gasteiger partial charge in [0.15, 0.2) is 0 Å². The highest BCUT2D eigenvalue weighted by molar-refractivity contribution is 5.84. The van der Waals surface area contributed by atoms with Gasteiger partial charge in [0.25, 0.3) is 0 Å². The van der Waals surface area contributed by atoms with Crippen molar-refractivity contribution < 1.29 is 4.79 Å². The van der Waals surface area contributed by atoms with E-state index in [1.165, 1.54) is 5.56 Å². The maximum absolute atomic E-state index is 11.3. The number of carbonyl (C=O) groups is 1. The van der Waals surface area contributed by atoms with Gasteiger partial charge in [-0.05, 0) is 50.8 Å². The average Bonchev–Trinajstić information content (AvgIpc) is 2.42. The largest absolute Gasteiger partial charge is 0.368 e. The van der Waals surface area contributed by atoms with Gasteiger partial charge in [-0.2, -0.15) is 0 Å². The number of nitrogens with zero attached hydrogens (tertiary/aromatic N) is 1. The van der Waals surface area contributed by atoms with E-state index < -0.39 is 11.4 Å². The Morgan fingerprint density at radius 3 is 2.45 bits per heavy atom. The van der Waals surface area contributed by atoms with E-state index in [9.17, 15) is 4.79 Å². The number of nitrogens with two attached hydrogens (primary N) is 2. The second kappa shape index (κ2) is 6.37. The van der Waals surface area contributed by atoms with Crippen LogP contribution in [0.4, 0.5) is 0 Å². The van der Waals surface area contributed by atoms with E-state index in [1.54, 1.807) is 6.92 Å². The molecule has 0 aliphatic carbocycles. The summed E-state index contributed by atoms with van der Waals surface area (Å²) in [5.74, 6) is 0.301. The lowest BCUT2D eigenvalue weighted by molar-refractivity contribution is -0.123. The van der Waals surface area contributed by atoms with Gasteiger partial charge in [0.1, 0.15) is 5.54 Å². The molecule has 1 aromatic carbocycles. The maximum Gasteiger partial charge on any atom is 0.238 e. The Bertz CT molecular complexity index is 436. The Kier molecular flexibility index (Phi) is 4.78. The number of amides is 1. The number of benzene rings is 1. The van der Waals surface area contributed by atoms with E-state index in [1.807, 2.05) is 0 Å². The number of hydrogen-bond acceptors (Lipinski definition) is 3. The lowest BCUT2D eigenvalue weighted by atomic mass is 9.89. The highest BCUT2D eigenvalue weighted by Gasteiger charge is 2.30. The van der Waals surface area contributed by atoms with Crippen molar-refractivity contribution in [2.45, 2.75) is 31.7 Å². The zero-order chi connectivity index (χ0) is 14.6. The first-order valence-electron chi connectivity index (χ1n) is 7.32. The Morgan fingerprint density at radius 2 is 1.90 bits per heavy atom. The van der Waals surface area contributed by atoms with Gasteiger partial charge in [-0.1, -0.05) is 30.3 Å². The Labute approximate surface area is 121 Å². The fourth-order valence-electron chi connectivity index (χ4n) is 2.84. The summed E-state index contributed by atoms with van der Waals surface area (Å²) < 4.78 is 0. The average molecular weight is 275 g/mol. The van der Waals surface area contributed by atoms with Gasteiger partial charge in [-0.3, -0.25) is 4.79 Å². The van der Waals surface area contributed by atoms with E-state index in [0.717, 1.165) is 38.3 Å². The summed E-state index contributed by atoms with van der Waals surface area (Å²) in [6, 6.07) is 10.6. The summed E-state index contributed by atoms with van der Waals surface area (Å²) in [6.45, 7) is 4.26. The molecule has 1 fully saturated rings. The van der Waals surface area contributed by atoms with Crippen molar-refractivity contribution >= 4 is 5.91 Å². The summed E-state index contributed by atoms with van der Waals surface area (Å²) in [6.07, 6.45) is 3.46. The van der Waals surface area contributed by atoms with Crippen molar-refractivity contribution in [3.05, 3.63) is 35.9 Å². The van der Waals surface area contributed by atoms with Crippen molar-refractivity contribution in [2.75, 3.05) is 19.6 Å². The van der Waals surface area contributed by atoms with Crippen molar-refractivity contribution in [2.24, 2.45) is 17.4 Å². The molecule has 1 saturated heterocycles. The van der Waals surface area contributed by atoms with Crippen molar-refractivity contribution in [3.8, 4) is 0 Å². The standard InChI is InChI=1S/C16H25N3O/c1-16(18,15(17)20)12-19-9-7-14(8-10-19)11-13-5-3-2-4-6-13/h2-6,14H,7-12,18H2,1H3,(H2,17,20). The molecule has 1 heterocycles. The number of hydrogen-bond donors (Lipinski definition) is 2. The fraction of sp³-hybridized carbons (Fsp3) is 0.562. The fourth-order valence-corrected chi connectivity index (χ4v) is 2.84. The van der Waals surface area contributed by atoms with E-state index in [0.29, 0.717) is 6.54 Å². The van der Waals surface area contributed by atoms with Crippen LogP contribution in [0.2, 0.25) is 0 Å². The van der Waals surface area contributed by atoms with Gasteiger partial charge in [-0.25, -0.2) is 0 Å². The molecular weight excluding hydrogens is 250 g/mol. The van der Waals surface area contributed by atoms with Gasteiger partial charge >= 0.3 is 0 Å². The molecule has 0 saturated carbocycles. The van der Waals surface area contributed by atoms with Crippen LogP contribution in [0, 0.1) is 5.92 Å². The summed E-state index contributed by atoms with van der Waals surface area (Å²) in [5.41, 5.74) is 11.7. The Morgan fingerprint density at radius 1 is 1.30 bits per heavy atom. The Hall–Kier alpha value is -1.39. The second-order valence-corrected chi connectivity index (χ2v) is 6.19. The zero-order valence-corrected chi connectivity index (χ0v) is 12.2. The molecule has 0 aromatic heterocycles. The SMILES string of the molecule is CC(N)(CN1CCC(Cc2ccccc2)CC1)C(N)=O. The van der Waals surface area contributed by atoms with E-state index in [4.69, 9.17) is 11.5 Å². The topological polar surface area (TPSA) is 72.3 Å². The lowest BCUT2D eigenvalue weighted by Gasteiger charge is -2.36. The molecule has 4 N–H and O–H groups in total. The molecule has 1 amide bonds. The third-order valence-electron chi connectivity index (χ3n) is 4.19. The van der Waals surface area contributed by atoms with Crippen LogP contribution in [0.25, 0.3) is 0 Å². The van der Waals surface area contributed by atoms with E-state index in [-0.39, 0.29) is 0 Å². The zero-order valence-electron chi connectivity index (χ0n) is 12.2. The van der Waals surface area contributed by atoms with Crippen LogP contribution in [-0.2, 0) is 11.2 Å². The van der Waals surface area contributed by atoms with Gasteiger partial charge in [0, 0.05) is 6.54 Å². The number of carbonyl (C=O) groups excluding carboxylic acids is 1. The monoisotopic (exact) mass is 275 g/mol. The quantitative estimate of drug-likeness (QED) is 0.846. The van der Waals surface area contributed by atoms with Crippen molar-refractivity contribution in [3.63, 3.8) is 0 Å². The second-order valence-electron chi connectivity index (χ2n) is 6.19. The molecule has 20 heavy (non-hydrogen) atoms. The molecule has 1 aromatic rings. The first-order chi connectivity index (χ1) is 9.47. The molecule has 1 aliphatic rings. The number of likely N-dealkylation sites (tertiary alicyclic amines) is 1. The predicted molar refractivity (Wildman–Crippen MR) is 81.1 cm³/mol. The van der Waals surface area contributed by atoms with Crippen LogP contribution >= 0.6 is 0 Å². The molecule has 110 valence electrons.